The first-order valence-electron chi connectivity index (χ1n) is 7.57. The first-order chi connectivity index (χ1) is 11.2. The predicted octanol–water partition coefficient (Wildman–Crippen LogP) is 4.65. The number of carbonyl (C=O) groups excluding carboxylic acids is 1. The largest absolute Gasteiger partial charge is 0.494 e. The van der Waals surface area contributed by atoms with E-state index < -0.39 is 0 Å². The van der Waals surface area contributed by atoms with E-state index in [0.29, 0.717) is 17.3 Å². The Hall–Kier alpha value is -2.40. The fourth-order valence-corrected chi connectivity index (χ4v) is 3.11. The van der Waals surface area contributed by atoms with Gasteiger partial charge in [-0.1, -0.05) is 36.0 Å². The summed E-state index contributed by atoms with van der Waals surface area (Å²) < 4.78 is 6.63. The summed E-state index contributed by atoms with van der Waals surface area (Å²) in [4.78, 5) is 16.7. The Morgan fingerprint density at radius 3 is 2.91 bits per heavy atom. The van der Waals surface area contributed by atoms with Gasteiger partial charge in [0.2, 0.25) is 0 Å². The highest BCUT2D eigenvalue weighted by atomic mass is 32.1. The number of fused-ring (bicyclic) bond motifs is 1. The van der Waals surface area contributed by atoms with Crippen LogP contribution < -0.4 is 10.1 Å². The van der Waals surface area contributed by atoms with Gasteiger partial charge in [0.1, 0.15) is 5.75 Å². The van der Waals surface area contributed by atoms with Gasteiger partial charge in [-0.25, -0.2) is 4.98 Å². The van der Waals surface area contributed by atoms with E-state index >= 15 is 0 Å². The lowest BCUT2D eigenvalue weighted by molar-refractivity contribution is 0.102. The molecule has 0 saturated heterocycles. The number of hydrogen-bond acceptors (Lipinski definition) is 4. The van der Waals surface area contributed by atoms with Crippen molar-refractivity contribution in [2.24, 2.45) is 0 Å². The van der Waals surface area contributed by atoms with Gasteiger partial charge in [0.25, 0.3) is 5.91 Å². The molecular formula is C18H18N2O2S. The van der Waals surface area contributed by atoms with Crippen molar-refractivity contribution in [3.8, 4) is 5.75 Å². The van der Waals surface area contributed by atoms with Crippen molar-refractivity contribution in [2.45, 2.75) is 20.3 Å². The maximum Gasteiger partial charge on any atom is 0.257 e. The van der Waals surface area contributed by atoms with Crippen molar-refractivity contribution >= 4 is 32.6 Å². The lowest BCUT2D eigenvalue weighted by Gasteiger charge is -2.02. The molecule has 3 rings (SSSR count). The van der Waals surface area contributed by atoms with Gasteiger partial charge in [0, 0.05) is 5.56 Å². The SMILES string of the molecule is CCCOc1ccc2nc(NC(=O)c3cccc(C)c3)sc2c1. The van der Waals surface area contributed by atoms with Crippen molar-refractivity contribution in [1.82, 2.24) is 4.98 Å². The molecule has 0 radical (unpaired) electrons. The third-order valence-corrected chi connectivity index (χ3v) is 4.27. The third-order valence-electron chi connectivity index (χ3n) is 3.33. The molecule has 0 fully saturated rings. The number of nitrogens with one attached hydrogen (secondary N) is 1. The quantitative estimate of drug-likeness (QED) is 0.743. The summed E-state index contributed by atoms with van der Waals surface area (Å²) in [6, 6.07) is 13.3. The smallest absolute Gasteiger partial charge is 0.257 e. The Kier molecular flexibility index (Phi) is 4.57. The summed E-state index contributed by atoms with van der Waals surface area (Å²) in [7, 11) is 0. The summed E-state index contributed by atoms with van der Waals surface area (Å²) in [6.45, 7) is 4.73. The lowest BCUT2D eigenvalue weighted by atomic mass is 10.1. The van der Waals surface area contributed by atoms with E-state index in [4.69, 9.17) is 4.74 Å². The predicted molar refractivity (Wildman–Crippen MR) is 94.5 cm³/mol. The molecule has 0 unspecified atom stereocenters. The van der Waals surface area contributed by atoms with E-state index in [-0.39, 0.29) is 5.91 Å². The van der Waals surface area contributed by atoms with Crippen molar-refractivity contribution < 1.29 is 9.53 Å². The van der Waals surface area contributed by atoms with Crippen LogP contribution in [-0.4, -0.2) is 17.5 Å². The first-order valence-corrected chi connectivity index (χ1v) is 8.39. The first kappa shape index (κ1) is 15.5. The van der Waals surface area contributed by atoms with E-state index in [1.54, 1.807) is 6.07 Å². The third kappa shape index (κ3) is 3.68. The molecule has 0 aliphatic heterocycles. The number of ether oxygens (including phenoxy) is 1. The minimum Gasteiger partial charge on any atom is -0.494 e. The number of carbonyl (C=O) groups is 1. The zero-order chi connectivity index (χ0) is 16.2. The van der Waals surface area contributed by atoms with Crippen LogP contribution >= 0.6 is 11.3 Å². The molecule has 4 nitrogen and oxygen atoms in total. The average Bonchev–Trinajstić information content (AvgIpc) is 2.94. The van der Waals surface area contributed by atoms with Crippen molar-refractivity contribution in [2.75, 3.05) is 11.9 Å². The van der Waals surface area contributed by atoms with Crippen LogP contribution in [0.4, 0.5) is 5.13 Å². The fourth-order valence-electron chi connectivity index (χ4n) is 2.22. The van der Waals surface area contributed by atoms with Crippen LogP contribution in [-0.2, 0) is 0 Å². The van der Waals surface area contributed by atoms with Gasteiger partial charge in [-0.15, -0.1) is 0 Å². The molecule has 0 saturated carbocycles. The molecule has 0 bridgehead atoms. The van der Waals surface area contributed by atoms with Crippen LogP contribution in [0.3, 0.4) is 0 Å². The van der Waals surface area contributed by atoms with Crippen LogP contribution in [0.5, 0.6) is 5.75 Å². The highest BCUT2D eigenvalue weighted by Crippen LogP contribution is 2.29. The topological polar surface area (TPSA) is 51.2 Å². The molecule has 5 heteroatoms. The van der Waals surface area contributed by atoms with E-state index in [1.807, 2.05) is 43.3 Å². The molecule has 1 heterocycles. The Labute approximate surface area is 139 Å². The maximum absolute atomic E-state index is 12.3. The van der Waals surface area contributed by atoms with Crippen molar-refractivity contribution in [1.29, 1.82) is 0 Å². The normalized spacial score (nSPS) is 10.7. The molecule has 3 aromatic rings. The minimum absolute atomic E-state index is 0.143. The summed E-state index contributed by atoms with van der Waals surface area (Å²) in [5.41, 5.74) is 2.55. The van der Waals surface area contributed by atoms with Crippen molar-refractivity contribution in [3.05, 3.63) is 53.6 Å². The number of aryl methyl sites for hydroxylation is 1. The second-order valence-electron chi connectivity index (χ2n) is 5.32. The van der Waals surface area contributed by atoms with Gasteiger partial charge in [0.05, 0.1) is 16.8 Å². The number of benzene rings is 2. The lowest BCUT2D eigenvalue weighted by Crippen LogP contribution is -2.11. The Morgan fingerprint density at radius 2 is 2.13 bits per heavy atom. The number of nitrogens with zero attached hydrogens (tertiary/aromatic N) is 1. The number of thiazole rings is 1. The molecule has 1 aromatic heterocycles. The summed E-state index contributed by atoms with van der Waals surface area (Å²) >= 11 is 1.45. The second-order valence-corrected chi connectivity index (χ2v) is 6.35. The van der Waals surface area contributed by atoms with Crippen LogP contribution in [0.1, 0.15) is 29.3 Å². The van der Waals surface area contributed by atoms with E-state index in [0.717, 1.165) is 28.0 Å². The fraction of sp³-hybridized carbons (Fsp3) is 0.222. The Morgan fingerprint density at radius 1 is 1.26 bits per heavy atom. The number of hydrogen-bond donors (Lipinski definition) is 1. The molecule has 0 aliphatic rings. The zero-order valence-corrected chi connectivity index (χ0v) is 13.9. The molecule has 2 aromatic carbocycles. The molecule has 0 spiro atoms. The molecule has 23 heavy (non-hydrogen) atoms. The number of rotatable bonds is 5. The van der Waals surface area contributed by atoms with E-state index in [1.165, 1.54) is 11.3 Å². The molecule has 118 valence electrons. The molecule has 0 atom stereocenters. The molecular weight excluding hydrogens is 308 g/mol. The van der Waals surface area contributed by atoms with Gasteiger partial charge in [-0.2, -0.15) is 0 Å². The molecule has 0 aliphatic carbocycles. The maximum atomic E-state index is 12.3. The van der Waals surface area contributed by atoms with Gasteiger partial charge in [-0.3, -0.25) is 10.1 Å². The van der Waals surface area contributed by atoms with Crippen LogP contribution in [0.15, 0.2) is 42.5 Å². The standard InChI is InChI=1S/C18H18N2O2S/c1-3-9-22-14-7-8-15-16(11-14)23-18(19-15)20-17(21)13-6-4-5-12(2)10-13/h4-8,10-11H,3,9H2,1-2H3,(H,19,20,21). The van der Waals surface area contributed by atoms with Crippen LogP contribution in [0.25, 0.3) is 10.2 Å². The van der Waals surface area contributed by atoms with Gasteiger partial charge >= 0.3 is 0 Å². The minimum atomic E-state index is -0.143. The second kappa shape index (κ2) is 6.79. The zero-order valence-electron chi connectivity index (χ0n) is 13.1. The number of anilines is 1. The van der Waals surface area contributed by atoms with Crippen LogP contribution in [0, 0.1) is 6.92 Å². The molecule has 1 N–H and O–H groups in total. The highest BCUT2D eigenvalue weighted by Gasteiger charge is 2.10. The van der Waals surface area contributed by atoms with E-state index in [2.05, 4.69) is 17.2 Å². The number of amides is 1. The van der Waals surface area contributed by atoms with E-state index in [9.17, 15) is 4.79 Å². The number of aromatic nitrogens is 1. The Balaban J connectivity index is 1.79. The summed E-state index contributed by atoms with van der Waals surface area (Å²) in [5.74, 6) is 0.690. The van der Waals surface area contributed by atoms with Gasteiger partial charge in [-0.05, 0) is 43.7 Å². The Bertz CT molecular complexity index is 842. The van der Waals surface area contributed by atoms with Crippen molar-refractivity contribution in [3.63, 3.8) is 0 Å². The highest BCUT2D eigenvalue weighted by molar-refractivity contribution is 7.22. The van der Waals surface area contributed by atoms with Gasteiger partial charge < -0.3 is 4.74 Å². The van der Waals surface area contributed by atoms with Gasteiger partial charge in [0.15, 0.2) is 5.13 Å². The average molecular weight is 326 g/mol. The molecule has 1 amide bonds. The summed E-state index contributed by atoms with van der Waals surface area (Å²) in [5, 5.41) is 3.46. The monoisotopic (exact) mass is 326 g/mol. The van der Waals surface area contributed by atoms with Crippen LogP contribution in [0.2, 0.25) is 0 Å². The summed E-state index contributed by atoms with van der Waals surface area (Å²) in [6.07, 6.45) is 0.971.